The van der Waals surface area contributed by atoms with Crippen molar-refractivity contribution in [1.82, 2.24) is 0 Å². The predicted octanol–water partition coefficient (Wildman–Crippen LogP) is 11.4. The smallest absolute Gasteiger partial charge is 0.338 e. The highest BCUT2D eigenvalue weighted by molar-refractivity contribution is 5.89. The standard InChI is InChI=1S/C41H54O3/c1-8-41(26-12-13-27-41)44-39(42)35-20-18-33(19-21-35)32(5)29-31(4)16-17-36(28-30(2)3)34-22-24-38(25-23-34)43-40(6,7)37-14-10-9-11-15-37/h8-11,14-15,18-25,30-32,36H,1,12-13,16-17,26-29H2,2-7H3. The third kappa shape index (κ3) is 9.10. The minimum absolute atomic E-state index is 0.241. The number of rotatable bonds is 15. The van der Waals surface area contributed by atoms with Gasteiger partial charge in [0.25, 0.3) is 0 Å². The van der Waals surface area contributed by atoms with Crippen molar-refractivity contribution in [2.45, 2.75) is 116 Å². The van der Waals surface area contributed by atoms with Crippen LogP contribution in [0, 0.1) is 11.8 Å². The Morgan fingerprint density at radius 2 is 1.45 bits per heavy atom. The van der Waals surface area contributed by atoms with Gasteiger partial charge in [0.2, 0.25) is 0 Å². The fourth-order valence-electron chi connectivity index (χ4n) is 6.85. The number of hydrogen-bond donors (Lipinski definition) is 0. The maximum atomic E-state index is 12.8. The maximum Gasteiger partial charge on any atom is 0.338 e. The Balaban J connectivity index is 1.31. The Labute approximate surface area is 267 Å². The summed E-state index contributed by atoms with van der Waals surface area (Å²) in [6, 6.07) is 27.3. The van der Waals surface area contributed by atoms with Gasteiger partial charge in [-0.05, 0) is 129 Å². The van der Waals surface area contributed by atoms with Crippen LogP contribution in [-0.2, 0) is 10.3 Å². The van der Waals surface area contributed by atoms with Gasteiger partial charge in [0.15, 0.2) is 0 Å². The van der Waals surface area contributed by atoms with E-state index in [0.29, 0.717) is 29.2 Å². The molecule has 0 spiro atoms. The van der Waals surface area contributed by atoms with Gasteiger partial charge in [-0.3, -0.25) is 0 Å². The second-order valence-electron chi connectivity index (χ2n) is 14.2. The van der Waals surface area contributed by atoms with Gasteiger partial charge in [-0.1, -0.05) is 95.3 Å². The van der Waals surface area contributed by atoms with E-state index in [-0.39, 0.29) is 11.6 Å². The fraction of sp³-hybridized carbons (Fsp3) is 0.488. The number of benzene rings is 3. The molecular weight excluding hydrogens is 540 g/mol. The van der Waals surface area contributed by atoms with Gasteiger partial charge in [0.1, 0.15) is 17.0 Å². The van der Waals surface area contributed by atoms with Gasteiger partial charge in [-0.15, -0.1) is 0 Å². The molecule has 1 aliphatic rings. The number of carbonyl (C=O) groups excluding carboxylic acids is 1. The van der Waals surface area contributed by atoms with Crippen molar-refractivity contribution in [2.24, 2.45) is 11.8 Å². The SMILES string of the molecule is C=CC1(OC(=O)c2ccc(C(C)CC(C)CCC(CC(C)C)c3ccc(OC(C)(C)c4ccccc4)cc3)cc2)CCCC1. The zero-order chi connectivity index (χ0) is 31.7. The summed E-state index contributed by atoms with van der Waals surface area (Å²) in [7, 11) is 0. The Hall–Kier alpha value is -3.33. The molecule has 0 saturated heterocycles. The minimum Gasteiger partial charge on any atom is -0.483 e. The molecule has 1 aliphatic carbocycles. The molecule has 3 aromatic carbocycles. The number of ether oxygens (including phenoxy) is 2. The Bertz CT molecular complexity index is 1310. The van der Waals surface area contributed by atoms with Crippen molar-refractivity contribution in [3.63, 3.8) is 0 Å². The van der Waals surface area contributed by atoms with E-state index in [1.165, 1.54) is 36.0 Å². The molecule has 3 heteroatoms. The number of esters is 1. The highest BCUT2D eigenvalue weighted by atomic mass is 16.6. The summed E-state index contributed by atoms with van der Waals surface area (Å²) in [6.07, 6.45) is 10.4. The lowest BCUT2D eigenvalue weighted by atomic mass is 9.82. The first kappa shape index (κ1) is 33.6. The van der Waals surface area contributed by atoms with E-state index in [1.807, 2.05) is 24.3 Å². The monoisotopic (exact) mass is 594 g/mol. The predicted molar refractivity (Wildman–Crippen MR) is 183 cm³/mol. The van der Waals surface area contributed by atoms with Crippen molar-refractivity contribution >= 4 is 5.97 Å². The summed E-state index contributed by atoms with van der Waals surface area (Å²) in [6.45, 7) is 17.5. The van der Waals surface area contributed by atoms with Crippen LogP contribution < -0.4 is 4.74 Å². The molecule has 0 aromatic heterocycles. The van der Waals surface area contributed by atoms with Crippen molar-refractivity contribution in [3.05, 3.63) is 114 Å². The first-order valence-electron chi connectivity index (χ1n) is 16.8. The van der Waals surface area contributed by atoms with Gasteiger partial charge in [0, 0.05) is 0 Å². The lowest BCUT2D eigenvalue weighted by molar-refractivity contribution is 0.00669. The Morgan fingerprint density at radius 1 is 0.841 bits per heavy atom. The quantitative estimate of drug-likeness (QED) is 0.130. The normalized spacial score (nSPS) is 16.7. The van der Waals surface area contributed by atoms with Crippen LogP contribution >= 0.6 is 0 Å². The summed E-state index contributed by atoms with van der Waals surface area (Å²) < 4.78 is 12.3. The molecule has 0 bridgehead atoms. The molecule has 3 nitrogen and oxygen atoms in total. The summed E-state index contributed by atoms with van der Waals surface area (Å²) in [5.74, 6) is 2.88. The van der Waals surface area contributed by atoms with Crippen molar-refractivity contribution in [2.75, 3.05) is 0 Å². The second kappa shape index (κ2) is 15.1. The van der Waals surface area contributed by atoms with Gasteiger partial charge in [-0.25, -0.2) is 4.79 Å². The first-order chi connectivity index (χ1) is 21.0. The van der Waals surface area contributed by atoms with Crippen molar-refractivity contribution in [3.8, 4) is 5.75 Å². The molecule has 3 atom stereocenters. The molecule has 236 valence electrons. The lowest BCUT2D eigenvalue weighted by Crippen LogP contribution is -2.29. The molecule has 1 fully saturated rings. The molecule has 0 N–H and O–H groups in total. The highest BCUT2D eigenvalue weighted by Crippen LogP contribution is 2.36. The van der Waals surface area contributed by atoms with Gasteiger partial charge < -0.3 is 9.47 Å². The lowest BCUT2D eigenvalue weighted by Gasteiger charge is -2.28. The van der Waals surface area contributed by atoms with Gasteiger partial charge in [-0.2, -0.15) is 0 Å². The molecule has 1 saturated carbocycles. The minimum atomic E-state index is -0.485. The molecule has 44 heavy (non-hydrogen) atoms. The average molecular weight is 595 g/mol. The third-order valence-electron chi connectivity index (χ3n) is 9.55. The summed E-state index contributed by atoms with van der Waals surface area (Å²) in [5.41, 5.74) is 3.60. The first-order valence-corrected chi connectivity index (χ1v) is 16.8. The van der Waals surface area contributed by atoms with Crippen LogP contribution in [0.4, 0.5) is 0 Å². The molecule has 3 unspecified atom stereocenters. The Kier molecular flexibility index (Phi) is 11.5. The second-order valence-corrected chi connectivity index (χ2v) is 14.2. The molecule has 0 heterocycles. The van der Waals surface area contributed by atoms with E-state index >= 15 is 0 Å². The van der Waals surface area contributed by atoms with Crippen molar-refractivity contribution < 1.29 is 14.3 Å². The van der Waals surface area contributed by atoms with Gasteiger partial charge >= 0.3 is 5.97 Å². The van der Waals surface area contributed by atoms with Gasteiger partial charge in [0.05, 0.1) is 5.56 Å². The van der Waals surface area contributed by atoms with E-state index in [1.54, 1.807) is 0 Å². The van der Waals surface area contributed by atoms with E-state index < -0.39 is 5.60 Å². The third-order valence-corrected chi connectivity index (χ3v) is 9.55. The van der Waals surface area contributed by atoms with Crippen molar-refractivity contribution in [1.29, 1.82) is 0 Å². The molecular formula is C41H54O3. The molecule has 0 aliphatic heterocycles. The molecule has 3 aromatic rings. The van der Waals surface area contributed by atoms with E-state index in [0.717, 1.165) is 37.9 Å². The zero-order valence-electron chi connectivity index (χ0n) is 28.0. The molecule has 0 radical (unpaired) electrons. The summed E-state index contributed by atoms with van der Waals surface area (Å²) >= 11 is 0. The molecule has 0 amide bonds. The van der Waals surface area contributed by atoms with Crippen LogP contribution in [0.15, 0.2) is 91.5 Å². The Morgan fingerprint density at radius 3 is 2.05 bits per heavy atom. The zero-order valence-corrected chi connectivity index (χ0v) is 28.0. The summed E-state index contributed by atoms with van der Waals surface area (Å²) in [4.78, 5) is 12.8. The average Bonchev–Trinajstić information content (AvgIpc) is 3.48. The van der Waals surface area contributed by atoms with E-state index in [9.17, 15) is 4.79 Å². The maximum absolute atomic E-state index is 12.8. The van der Waals surface area contributed by atoms with Crippen LogP contribution in [0.2, 0.25) is 0 Å². The van der Waals surface area contributed by atoms with Crippen LogP contribution in [0.3, 0.4) is 0 Å². The fourth-order valence-corrected chi connectivity index (χ4v) is 6.85. The molecule has 4 rings (SSSR count). The van der Waals surface area contributed by atoms with E-state index in [4.69, 9.17) is 9.47 Å². The van der Waals surface area contributed by atoms with Crippen LogP contribution in [0.25, 0.3) is 0 Å². The topological polar surface area (TPSA) is 35.5 Å². The highest BCUT2D eigenvalue weighted by Gasteiger charge is 2.35. The largest absolute Gasteiger partial charge is 0.483 e. The number of carbonyl (C=O) groups is 1. The van der Waals surface area contributed by atoms with E-state index in [2.05, 4.69) is 109 Å². The number of hydrogen-bond acceptors (Lipinski definition) is 3. The summed E-state index contributed by atoms with van der Waals surface area (Å²) in [5, 5.41) is 0. The van der Waals surface area contributed by atoms with Crippen LogP contribution in [0.1, 0.15) is 132 Å². The van der Waals surface area contributed by atoms with Crippen LogP contribution in [-0.4, -0.2) is 11.6 Å². The van der Waals surface area contributed by atoms with Crippen LogP contribution in [0.5, 0.6) is 5.75 Å².